The van der Waals surface area contributed by atoms with Crippen molar-refractivity contribution in [2.45, 2.75) is 83.2 Å². The Bertz CT molecular complexity index is 1050. The molecule has 0 radical (unpaired) electrons. The number of carbonyl (C=O) groups excluding carboxylic acids is 3. The lowest BCUT2D eigenvalue weighted by Gasteiger charge is -2.41. The summed E-state index contributed by atoms with van der Waals surface area (Å²) in [7, 11) is 0. The highest BCUT2D eigenvalue weighted by molar-refractivity contribution is 5.98. The average molecular weight is 527 g/mol. The van der Waals surface area contributed by atoms with Gasteiger partial charge in [-0.15, -0.1) is 6.58 Å². The molecule has 38 heavy (non-hydrogen) atoms. The number of aliphatic hydroxyl groups excluding tert-OH is 1. The Kier molecular flexibility index (Phi) is 8.33. The van der Waals surface area contributed by atoms with Crippen LogP contribution >= 0.6 is 0 Å². The van der Waals surface area contributed by atoms with Crippen LogP contribution in [0, 0.1) is 17.8 Å². The Morgan fingerprint density at radius 2 is 1.97 bits per heavy atom. The molecular formula is C30H42N2O6. The van der Waals surface area contributed by atoms with Crippen LogP contribution in [0.15, 0.2) is 43.0 Å². The van der Waals surface area contributed by atoms with Crippen LogP contribution < -0.4 is 0 Å². The molecule has 1 aromatic rings. The number of carbonyl (C=O) groups is 3. The van der Waals surface area contributed by atoms with Crippen molar-refractivity contribution in [1.82, 2.24) is 9.80 Å². The summed E-state index contributed by atoms with van der Waals surface area (Å²) in [6, 6.07) is 8.15. The molecule has 2 unspecified atom stereocenters. The minimum atomic E-state index is -1.15. The maximum atomic E-state index is 14.6. The van der Waals surface area contributed by atoms with Crippen molar-refractivity contribution in [2.75, 3.05) is 19.8 Å². The van der Waals surface area contributed by atoms with Gasteiger partial charge in [0.25, 0.3) is 0 Å². The van der Waals surface area contributed by atoms with Gasteiger partial charge in [0.1, 0.15) is 17.6 Å². The second-order valence-corrected chi connectivity index (χ2v) is 11.0. The third-order valence-electron chi connectivity index (χ3n) is 9.12. The van der Waals surface area contributed by atoms with Crippen LogP contribution in [0.2, 0.25) is 0 Å². The lowest BCUT2D eigenvalue weighted by Crippen LogP contribution is -2.59. The van der Waals surface area contributed by atoms with Gasteiger partial charge in [0.15, 0.2) is 0 Å². The number of hydrogen-bond acceptors (Lipinski definition) is 6. The zero-order valence-electron chi connectivity index (χ0n) is 23.1. The van der Waals surface area contributed by atoms with E-state index in [1.807, 2.05) is 51.1 Å². The molecule has 3 heterocycles. The maximum Gasteiger partial charge on any atom is 0.312 e. The molecule has 208 valence electrons. The van der Waals surface area contributed by atoms with Gasteiger partial charge in [-0.2, -0.15) is 0 Å². The van der Waals surface area contributed by atoms with Gasteiger partial charge in [-0.3, -0.25) is 14.4 Å². The summed E-state index contributed by atoms with van der Waals surface area (Å²) in [4.78, 5) is 45.5. The number of benzene rings is 1. The summed E-state index contributed by atoms with van der Waals surface area (Å²) in [5, 5.41) is 10.5. The first-order chi connectivity index (χ1) is 18.2. The Morgan fingerprint density at radius 1 is 1.26 bits per heavy atom. The minimum Gasteiger partial charge on any atom is -0.466 e. The van der Waals surface area contributed by atoms with Gasteiger partial charge in [0.05, 0.1) is 30.8 Å². The van der Waals surface area contributed by atoms with Crippen LogP contribution in [0.25, 0.3) is 0 Å². The minimum absolute atomic E-state index is 0.0603. The first kappa shape index (κ1) is 28.3. The van der Waals surface area contributed by atoms with Gasteiger partial charge in [0.2, 0.25) is 11.8 Å². The first-order valence-electron chi connectivity index (χ1n) is 14.0. The van der Waals surface area contributed by atoms with E-state index >= 15 is 0 Å². The Labute approximate surface area is 226 Å². The van der Waals surface area contributed by atoms with E-state index in [1.54, 1.807) is 22.8 Å². The lowest BCUT2D eigenvalue weighted by molar-refractivity contribution is -0.164. The topological polar surface area (TPSA) is 96.4 Å². The van der Waals surface area contributed by atoms with Crippen LogP contribution in [-0.2, 0) is 30.4 Å². The molecule has 2 amide bonds. The third-order valence-corrected chi connectivity index (χ3v) is 9.12. The number of fused-ring (bicyclic) bond motifs is 1. The molecular weight excluding hydrogens is 484 g/mol. The van der Waals surface area contributed by atoms with E-state index < -0.39 is 41.1 Å². The molecule has 0 aromatic heterocycles. The second kappa shape index (κ2) is 11.2. The number of nitrogens with zero attached hydrogens (tertiary/aromatic N) is 2. The predicted octanol–water partition coefficient (Wildman–Crippen LogP) is 3.33. The highest BCUT2D eigenvalue weighted by Gasteiger charge is 2.79. The van der Waals surface area contributed by atoms with E-state index in [-0.39, 0.29) is 30.9 Å². The molecule has 3 aliphatic heterocycles. The van der Waals surface area contributed by atoms with Crippen molar-refractivity contribution in [3.05, 3.63) is 48.6 Å². The molecule has 7 atom stereocenters. The molecule has 0 saturated carbocycles. The van der Waals surface area contributed by atoms with E-state index in [9.17, 15) is 19.5 Å². The van der Waals surface area contributed by atoms with Gasteiger partial charge < -0.3 is 24.4 Å². The average Bonchev–Trinajstić information content (AvgIpc) is 3.53. The zero-order chi connectivity index (χ0) is 27.7. The summed E-state index contributed by atoms with van der Waals surface area (Å²) >= 11 is 0. The monoisotopic (exact) mass is 526 g/mol. The molecule has 1 N–H and O–H groups in total. The maximum absolute atomic E-state index is 14.6. The quantitative estimate of drug-likeness (QED) is 0.332. The Balaban J connectivity index is 1.83. The van der Waals surface area contributed by atoms with Crippen molar-refractivity contribution in [3.8, 4) is 0 Å². The van der Waals surface area contributed by atoms with Crippen LogP contribution in [0.3, 0.4) is 0 Å². The number of rotatable bonds is 12. The Hall–Kier alpha value is -2.71. The van der Waals surface area contributed by atoms with Crippen molar-refractivity contribution >= 4 is 17.8 Å². The zero-order valence-corrected chi connectivity index (χ0v) is 23.1. The van der Waals surface area contributed by atoms with Gasteiger partial charge in [-0.25, -0.2) is 0 Å². The van der Waals surface area contributed by atoms with Crippen LogP contribution in [-0.4, -0.2) is 75.7 Å². The first-order valence-corrected chi connectivity index (χ1v) is 14.0. The number of amides is 2. The fraction of sp³-hybridized carbons (Fsp3) is 0.633. The van der Waals surface area contributed by atoms with E-state index in [1.165, 1.54) is 0 Å². The Morgan fingerprint density at radius 3 is 2.55 bits per heavy atom. The summed E-state index contributed by atoms with van der Waals surface area (Å²) in [5.74, 6) is -2.66. The standard InChI is InChI=1S/C30H42N2O6/c1-6-17-31(18-21-13-11-10-12-14-21)27(35)25-30-16-15-29(8-3,38-30)24(28(36)37-9-4)23(30)26(34)32(25)22(19-33)20(5)7-2/h6,10-14,20,22-25,33H,1,7-9,15-19H2,2-5H3/t20-,22-,23-,24-,25?,29+,30?/m0/s1. The summed E-state index contributed by atoms with van der Waals surface area (Å²) in [5.41, 5.74) is -1.04. The molecule has 0 aliphatic carbocycles. The number of esters is 1. The fourth-order valence-electron chi connectivity index (χ4n) is 7.06. The van der Waals surface area contributed by atoms with Crippen molar-refractivity contribution < 1.29 is 29.0 Å². The molecule has 3 fully saturated rings. The molecule has 3 saturated heterocycles. The van der Waals surface area contributed by atoms with Crippen LogP contribution in [0.1, 0.15) is 58.9 Å². The molecule has 2 bridgehead atoms. The highest BCUT2D eigenvalue weighted by Crippen LogP contribution is 2.65. The molecule has 8 nitrogen and oxygen atoms in total. The van der Waals surface area contributed by atoms with Crippen molar-refractivity contribution in [3.63, 3.8) is 0 Å². The van der Waals surface area contributed by atoms with Crippen LogP contribution in [0.4, 0.5) is 0 Å². The molecule has 3 aliphatic rings. The van der Waals surface area contributed by atoms with Crippen LogP contribution in [0.5, 0.6) is 0 Å². The number of ether oxygens (including phenoxy) is 2. The van der Waals surface area contributed by atoms with Gasteiger partial charge in [-0.05, 0) is 37.7 Å². The second-order valence-electron chi connectivity index (χ2n) is 11.0. The number of aliphatic hydroxyl groups is 1. The normalized spacial score (nSPS) is 31.1. The SMILES string of the molecule is C=CCN(Cc1ccccc1)C(=O)C1N([C@@H](CO)[C@@H](C)CC)C(=O)[C@@H]2[C@@H](C(=O)OCC)[C@@]3(CC)CCC12O3. The smallest absolute Gasteiger partial charge is 0.312 e. The summed E-state index contributed by atoms with van der Waals surface area (Å²) in [6.45, 7) is 12.1. The molecule has 4 rings (SSSR count). The number of hydrogen-bond donors (Lipinski definition) is 1. The fourth-order valence-corrected chi connectivity index (χ4v) is 7.06. The largest absolute Gasteiger partial charge is 0.466 e. The van der Waals surface area contributed by atoms with Crippen molar-refractivity contribution in [1.29, 1.82) is 0 Å². The summed E-state index contributed by atoms with van der Waals surface area (Å²) < 4.78 is 12.3. The third kappa shape index (κ3) is 4.35. The van der Waals surface area contributed by atoms with E-state index in [0.717, 1.165) is 12.0 Å². The molecule has 1 aromatic carbocycles. The predicted molar refractivity (Wildman–Crippen MR) is 143 cm³/mol. The van der Waals surface area contributed by atoms with E-state index in [2.05, 4.69) is 6.58 Å². The highest BCUT2D eigenvalue weighted by atomic mass is 16.6. The summed E-state index contributed by atoms with van der Waals surface area (Å²) in [6.07, 6.45) is 4.00. The van der Waals surface area contributed by atoms with E-state index in [4.69, 9.17) is 9.47 Å². The van der Waals surface area contributed by atoms with Gasteiger partial charge >= 0.3 is 5.97 Å². The van der Waals surface area contributed by atoms with Gasteiger partial charge in [-0.1, -0.05) is 63.6 Å². The molecule has 8 heteroatoms. The number of likely N-dealkylation sites (tertiary alicyclic amines) is 1. The van der Waals surface area contributed by atoms with Gasteiger partial charge in [0, 0.05) is 13.1 Å². The van der Waals surface area contributed by atoms with Crippen molar-refractivity contribution in [2.24, 2.45) is 17.8 Å². The molecule has 1 spiro atoms. The van der Waals surface area contributed by atoms with E-state index in [0.29, 0.717) is 32.4 Å². The lowest BCUT2D eigenvalue weighted by atomic mass is 9.65.